The lowest BCUT2D eigenvalue weighted by Gasteiger charge is -2.22. The van der Waals surface area contributed by atoms with Crippen LogP contribution in [0.25, 0.3) is 10.6 Å². The topological polar surface area (TPSA) is 45.5 Å². The Morgan fingerprint density at radius 3 is 2.67 bits per heavy atom. The van der Waals surface area contributed by atoms with Crippen molar-refractivity contribution in [3.05, 3.63) is 40.9 Å². The Morgan fingerprint density at radius 2 is 2.11 bits per heavy atom. The highest BCUT2D eigenvalue weighted by Gasteiger charge is 2.18. The van der Waals surface area contributed by atoms with Gasteiger partial charge in [-0.2, -0.15) is 0 Å². The first-order chi connectivity index (χ1) is 8.52. The van der Waals surface area contributed by atoms with E-state index >= 15 is 0 Å². The summed E-state index contributed by atoms with van der Waals surface area (Å²) in [6.45, 7) is 6.42. The summed E-state index contributed by atoms with van der Waals surface area (Å²) in [5.74, 6) is 0. The molecule has 0 atom stereocenters. The first kappa shape index (κ1) is 12.8. The van der Waals surface area contributed by atoms with Gasteiger partial charge in [-0.25, -0.2) is 4.98 Å². The minimum absolute atomic E-state index is 0.0101. The average Bonchev–Trinajstić information content (AvgIpc) is 2.82. The summed E-state index contributed by atoms with van der Waals surface area (Å²) in [6.07, 6.45) is 3.28. The molecule has 2 aromatic rings. The molecule has 0 saturated heterocycles. The number of benzene rings is 1. The van der Waals surface area contributed by atoms with Crippen LogP contribution < -0.4 is 0 Å². The van der Waals surface area contributed by atoms with E-state index in [0.29, 0.717) is 0 Å². The predicted molar refractivity (Wildman–Crippen MR) is 75.6 cm³/mol. The van der Waals surface area contributed by atoms with Gasteiger partial charge in [0, 0.05) is 17.1 Å². The molecule has 0 saturated carbocycles. The minimum atomic E-state index is -0.0101. The highest BCUT2D eigenvalue weighted by Crippen LogP contribution is 2.30. The standard InChI is InChI=1S/C14H16N2OS/c1-14(2,3)12-8-10(13-15-6-7-18-13)4-5-11(12)9-16-17/h4-9,17H,1-3H3. The van der Waals surface area contributed by atoms with Gasteiger partial charge in [-0.3, -0.25) is 0 Å². The van der Waals surface area contributed by atoms with Crippen LogP contribution in [0, 0.1) is 0 Å². The van der Waals surface area contributed by atoms with E-state index in [9.17, 15) is 0 Å². The van der Waals surface area contributed by atoms with Gasteiger partial charge in [-0.05, 0) is 22.6 Å². The molecule has 1 N–H and O–H groups in total. The monoisotopic (exact) mass is 260 g/mol. The zero-order valence-corrected chi connectivity index (χ0v) is 11.5. The molecule has 0 aliphatic heterocycles. The number of hydrogen-bond donors (Lipinski definition) is 1. The number of rotatable bonds is 2. The van der Waals surface area contributed by atoms with Gasteiger partial charge in [-0.15, -0.1) is 11.3 Å². The first-order valence-corrected chi connectivity index (χ1v) is 6.62. The fourth-order valence-electron chi connectivity index (χ4n) is 1.88. The number of thiazole rings is 1. The van der Waals surface area contributed by atoms with E-state index in [1.165, 1.54) is 6.21 Å². The van der Waals surface area contributed by atoms with Crippen LogP contribution in [0.1, 0.15) is 31.9 Å². The van der Waals surface area contributed by atoms with Crippen molar-refractivity contribution in [1.82, 2.24) is 4.98 Å². The van der Waals surface area contributed by atoms with E-state index in [-0.39, 0.29) is 5.41 Å². The van der Waals surface area contributed by atoms with E-state index in [1.54, 1.807) is 17.5 Å². The lowest BCUT2D eigenvalue weighted by Crippen LogP contribution is -2.14. The van der Waals surface area contributed by atoms with Crippen LogP contribution in [-0.2, 0) is 5.41 Å². The molecule has 0 spiro atoms. The van der Waals surface area contributed by atoms with Gasteiger partial charge in [-0.1, -0.05) is 38.1 Å². The lowest BCUT2D eigenvalue weighted by atomic mass is 9.83. The summed E-state index contributed by atoms with van der Waals surface area (Å²) < 4.78 is 0. The first-order valence-electron chi connectivity index (χ1n) is 5.74. The molecular formula is C14H16N2OS. The van der Waals surface area contributed by atoms with Crippen molar-refractivity contribution in [3.63, 3.8) is 0 Å². The van der Waals surface area contributed by atoms with Crippen molar-refractivity contribution in [2.45, 2.75) is 26.2 Å². The Bertz CT molecular complexity index is 554. The second-order valence-corrected chi connectivity index (χ2v) is 6.03. The molecule has 1 aromatic heterocycles. The van der Waals surface area contributed by atoms with E-state index in [2.05, 4.69) is 37.0 Å². The maximum absolute atomic E-state index is 8.72. The van der Waals surface area contributed by atoms with Gasteiger partial charge < -0.3 is 5.21 Å². The Kier molecular flexibility index (Phi) is 3.48. The average molecular weight is 260 g/mol. The molecule has 94 valence electrons. The summed E-state index contributed by atoms with van der Waals surface area (Å²) in [6, 6.07) is 6.10. The van der Waals surface area contributed by atoms with E-state index in [1.807, 2.05) is 17.5 Å². The zero-order valence-electron chi connectivity index (χ0n) is 10.7. The normalized spacial score (nSPS) is 12.2. The van der Waals surface area contributed by atoms with Crippen LogP contribution in [0.4, 0.5) is 0 Å². The highest BCUT2D eigenvalue weighted by atomic mass is 32.1. The third kappa shape index (κ3) is 2.59. The molecule has 4 heteroatoms. The number of oxime groups is 1. The molecule has 1 heterocycles. The quantitative estimate of drug-likeness (QED) is 0.505. The number of nitrogens with zero attached hydrogens (tertiary/aromatic N) is 2. The third-order valence-electron chi connectivity index (χ3n) is 2.74. The second-order valence-electron chi connectivity index (χ2n) is 5.13. The Morgan fingerprint density at radius 1 is 1.33 bits per heavy atom. The van der Waals surface area contributed by atoms with Crippen LogP contribution >= 0.6 is 11.3 Å². The van der Waals surface area contributed by atoms with Gasteiger partial charge >= 0.3 is 0 Å². The molecule has 2 rings (SSSR count). The largest absolute Gasteiger partial charge is 0.411 e. The van der Waals surface area contributed by atoms with Crippen molar-refractivity contribution in [2.24, 2.45) is 5.16 Å². The van der Waals surface area contributed by atoms with E-state index in [0.717, 1.165) is 21.7 Å². The molecule has 0 radical (unpaired) electrons. The van der Waals surface area contributed by atoms with Gasteiger partial charge in [0.1, 0.15) is 5.01 Å². The third-order valence-corrected chi connectivity index (χ3v) is 3.56. The SMILES string of the molecule is CC(C)(C)c1cc(-c2nccs2)ccc1C=NO. The zero-order chi connectivity index (χ0) is 13.2. The lowest BCUT2D eigenvalue weighted by molar-refractivity contribution is 0.321. The molecule has 0 aliphatic carbocycles. The second kappa shape index (κ2) is 4.90. The summed E-state index contributed by atoms with van der Waals surface area (Å²) in [7, 11) is 0. The van der Waals surface area contributed by atoms with Crippen LogP contribution in [0.2, 0.25) is 0 Å². The highest BCUT2D eigenvalue weighted by molar-refractivity contribution is 7.13. The Balaban J connectivity index is 2.56. The van der Waals surface area contributed by atoms with Gasteiger partial charge in [0.25, 0.3) is 0 Å². The van der Waals surface area contributed by atoms with Crippen molar-refractivity contribution < 1.29 is 5.21 Å². The van der Waals surface area contributed by atoms with Gasteiger partial charge in [0.05, 0.1) is 6.21 Å². The molecular weight excluding hydrogens is 244 g/mol. The summed E-state index contributed by atoms with van der Waals surface area (Å²) >= 11 is 1.62. The van der Waals surface area contributed by atoms with Crippen molar-refractivity contribution >= 4 is 17.6 Å². The summed E-state index contributed by atoms with van der Waals surface area (Å²) in [4.78, 5) is 4.32. The maximum atomic E-state index is 8.72. The maximum Gasteiger partial charge on any atom is 0.123 e. The molecule has 3 nitrogen and oxygen atoms in total. The fraction of sp³-hybridized carbons (Fsp3) is 0.286. The summed E-state index contributed by atoms with van der Waals surface area (Å²) in [5, 5.41) is 14.8. The Labute approximate surface area is 111 Å². The molecule has 0 unspecified atom stereocenters. The fourth-order valence-corrected chi connectivity index (χ4v) is 2.51. The molecule has 0 amide bonds. The van der Waals surface area contributed by atoms with Crippen LogP contribution in [0.5, 0.6) is 0 Å². The van der Waals surface area contributed by atoms with Crippen molar-refractivity contribution in [1.29, 1.82) is 0 Å². The van der Waals surface area contributed by atoms with Gasteiger partial charge in [0.2, 0.25) is 0 Å². The van der Waals surface area contributed by atoms with Crippen LogP contribution in [0.15, 0.2) is 34.9 Å². The molecule has 0 fully saturated rings. The number of hydrogen-bond acceptors (Lipinski definition) is 4. The van der Waals surface area contributed by atoms with E-state index in [4.69, 9.17) is 5.21 Å². The smallest absolute Gasteiger partial charge is 0.123 e. The molecule has 18 heavy (non-hydrogen) atoms. The van der Waals surface area contributed by atoms with Crippen molar-refractivity contribution in [3.8, 4) is 10.6 Å². The van der Waals surface area contributed by atoms with Crippen molar-refractivity contribution in [2.75, 3.05) is 0 Å². The predicted octanol–water partition coefficient (Wildman–Crippen LogP) is 3.92. The van der Waals surface area contributed by atoms with Crippen LogP contribution in [-0.4, -0.2) is 16.4 Å². The molecule has 0 bridgehead atoms. The minimum Gasteiger partial charge on any atom is -0.411 e. The summed E-state index contributed by atoms with van der Waals surface area (Å²) in [5.41, 5.74) is 3.17. The number of aromatic nitrogens is 1. The van der Waals surface area contributed by atoms with Gasteiger partial charge in [0.15, 0.2) is 0 Å². The molecule has 0 aliphatic rings. The van der Waals surface area contributed by atoms with Crippen LogP contribution in [0.3, 0.4) is 0 Å². The Hall–Kier alpha value is -1.68. The van der Waals surface area contributed by atoms with E-state index < -0.39 is 0 Å². The molecule has 1 aromatic carbocycles.